The number of rotatable bonds is 6. The molecular formula is C20H38ClNO. The van der Waals surface area contributed by atoms with Gasteiger partial charge < -0.3 is 22.0 Å². The lowest BCUT2D eigenvalue weighted by molar-refractivity contribution is -0.901. The first-order valence-electron chi connectivity index (χ1n) is 8.51. The summed E-state index contributed by atoms with van der Waals surface area (Å²) in [6.07, 6.45) is 7.33. The molecule has 0 atom stereocenters. The highest BCUT2D eigenvalue weighted by atomic mass is 35.5. The van der Waals surface area contributed by atoms with Crippen LogP contribution >= 0.6 is 0 Å². The zero-order valence-corrected chi connectivity index (χ0v) is 16.8. The van der Waals surface area contributed by atoms with E-state index in [1.54, 1.807) is 0 Å². The zero-order valence-electron chi connectivity index (χ0n) is 16.1. The van der Waals surface area contributed by atoms with Crippen LogP contribution in [0, 0.1) is 0 Å². The fourth-order valence-corrected chi connectivity index (χ4v) is 1.55. The number of quaternary nitrogens is 1. The molecule has 1 aromatic rings. The Morgan fingerprint density at radius 3 is 1.78 bits per heavy atom. The van der Waals surface area contributed by atoms with Crippen molar-refractivity contribution in [1.29, 1.82) is 0 Å². The van der Waals surface area contributed by atoms with Crippen LogP contribution in [0.3, 0.4) is 0 Å². The monoisotopic (exact) mass is 343 g/mol. The van der Waals surface area contributed by atoms with Crippen LogP contribution in [0.5, 0.6) is 0 Å². The van der Waals surface area contributed by atoms with Gasteiger partial charge in [-0.25, -0.2) is 0 Å². The lowest BCUT2D eigenvalue weighted by atomic mass is 10.2. The molecule has 136 valence electrons. The Kier molecular flexibility index (Phi) is 22.6. The molecule has 0 heterocycles. The van der Waals surface area contributed by atoms with Crippen LogP contribution in [0.2, 0.25) is 0 Å². The van der Waals surface area contributed by atoms with Crippen molar-refractivity contribution >= 4 is 0 Å². The average Bonchev–Trinajstić information content (AvgIpc) is 2.54. The van der Waals surface area contributed by atoms with Crippen molar-refractivity contribution in [2.45, 2.75) is 53.5 Å². The second kappa shape index (κ2) is 19.2. The summed E-state index contributed by atoms with van der Waals surface area (Å²) in [5.74, 6) is 0. The van der Waals surface area contributed by atoms with Gasteiger partial charge in [0, 0.05) is 12.2 Å². The van der Waals surface area contributed by atoms with Crippen LogP contribution in [0.25, 0.3) is 0 Å². The van der Waals surface area contributed by atoms with E-state index in [1.807, 2.05) is 26.0 Å². The summed E-state index contributed by atoms with van der Waals surface area (Å²) >= 11 is 0. The van der Waals surface area contributed by atoms with Crippen molar-refractivity contribution in [1.82, 2.24) is 0 Å². The van der Waals surface area contributed by atoms with Crippen molar-refractivity contribution in [2.24, 2.45) is 0 Å². The molecular weight excluding hydrogens is 306 g/mol. The fourth-order valence-electron chi connectivity index (χ4n) is 1.55. The van der Waals surface area contributed by atoms with Gasteiger partial charge in [-0.15, -0.1) is 0 Å². The van der Waals surface area contributed by atoms with E-state index in [1.165, 1.54) is 18.5 Å². The molecule has 0 aliphatic rings. The van der Waals surface area contributed by atoms with Gasteiger partial charge in [-0.3, -0.25) is 0 Å². The summed E-state index contributed by atoms with van der Waals surface area (Å²) in [5.41, 5.74) is 1.42. The Balaban J connectivity index is -0.000000309. The maximum atomic E-state index is 8.20. The number of unbranched alkanes of at least 4 members (excludes halogenated alkanes) is 2. The van der Waals surface area contributed by atoms with Crippen molar-refractivity contribution in [3.63, 3.8) is 0 Å². The highest BCUT2D eigenvalue weighted by molar-refractivity contribution is 5.13. The molecule has 0 fully saturated rings. The van der Waals surface area contributed by atoms with Gasteiger partial charge in [0.15, 0.2) is 0 Å². The van der Waals surface area contributed by atoms with Gasteiger partial charge in [-0.05, 0) is 27.2 Å². The van der Waals surface area contributed by atoms with Crippen molar-refractivity contribution in [3.8, 4) is 0 Å². The third-order valence-electron chi connectivity index (χ3n) is 3.40. The van der Waals surface area contributed by atoms with Crippen LogP contribution in [0.1, 0.15) is 52.5 Å². The number of hydrogen-bond donors (Lipinski definition) is 1. The topological polar surface area (TPSA) is 20.2 Å². The van der Waals surface area contributed by atoms with E-state index in [0.717, 1.165) is 23.9 Å². The number of allylic oxidation sites excluding steroid dienone is 2. The molecule has 0 radical (unpaired) electrons. The summed E-state index contributed by atoms with van der Waals surface area (Å²) in [7, 11) is 4.51. The molecule has 0 aromatic heterocycles. The minimum absolute atomic E-state index is 0. The van der Waals surface area contributed by atoms with Gasteiger partial charge in [0.2, 0.25) is 0 Å². The first kappa shape index (κ1) is 27.0. The second-order valence-electron chi connectivity index (χ2n) is 5.99. The number of aliphatic hydroxyl groups excluding tert-OH is 1. The van der Waals surface area contributed by atoms with Gasteiger partial charge in [0.05, 0.1) is 20.6 Å². The average molecular weight is 344 g/mol. The molecule has 1 N–H and O–H groups in total. The van der Waals surface area contributed by atoms with Crippen LogP contribution in [0.15, 0.2) is 42.5 Å². The van der Waals surface area contributed by atoms with Crippen LogP contribution in [-0.2, 0) is 6.54 Å². The SMILES string of the molecule is CC=CC.CCCCCO.CC[N+](C)(C)Cc1ccccc1.[Cl-]. The molecule has 0 aliphatic heterocycles. The highest BCUT2D eigenvalue weighted by Crippen LogP contribution is 2.07. The van der Waals surface area contributed by atoms with E-state index in [2.05, 4.69) is 58.3 Å². The maximum Gasteiger partial charge on any atom is 0.104 e. The molecule has 0 saturated heterocycles. The van der Waals surface area contributed by atoms with E-state index < -0.39 is 0 Å². The van der Waals surface area contributed by atoms with Gasteiger partial charge in [0.1, 0.15) is 6.54 Å². The fraction of sp³-hybridized carbons (Fsp3) is 0.600. The summed E-state index contributed by atoms with van der Waals surface area (Å²) in [4.78, 5) is 0. The number of aliphatic hydroxyl groups is 1. The van der Waals surface area contributed by atoms with Crippen LogP contribution < -0.4 is 12.4 Å². The molecule has 2 nitrogen and oxygen atoms in total. The van der Waals surface area contributed by atoms with Gasteiger partial charge >= 0.3 is 0 Å². The van der Waals surface area contributed by atoms with Crippen molar-refractivity contribution in [3.05, 3.63) is 48.0 Å². The van der Waals surface area contributed by atoms with E-state index in [0.29, 0.717) is 6.61 Å². The molecule has 1 rings (SSSR count). The minimum atomic E-state index is 0. The lowest BCUT2D eigenvalue weighted by Crippen LogP contribution is -3.00. The molecule has 0 bridgehead atoms. The van der Waals surface area contributed by atoms with Gasteiger partial charge in [-0.2, -0.15) is 0 Å². The third kappa shape index (κ3) is 21.2. The van der Waals surface area contributed by atoms with Crippen molar-refractivity contribution in [2.75, 3.05) is 27.2 Å². The lowest BCUT2D eigenvalue weighted by Gasteiger charge is -2.28. The molecule has 3 heteroatoms. The van der Waals surface area contributed by atoms with Crippen molar-refractivity contribution < 1.29 is 22.0 Å². The molecule has 0 unspecified atom stereocenters. The molecule has 23 heavy (non-hydrogen) atoms. The normalized spacial score (nSPS) is 10.0. The zero-order chi connectivity index (χ0) is 17.3. The Hall–Kier alpha value is -0.830. The van der Waals surface area contributed by atoms with E-state index >= 15 is 0 Å². The Morgan fingerprint density at radius 1 is 0.957 bits per heavy atom. The second-order valence-corrected chi connectivity index (χ2v) is 5.99. The predicted molar refractivity (Wildman–Crippen MR) is 99.9 cm³/mol. The van der Waals surface area contributed by atoms with Crippen LogP contribution in [0.4, 0.5) is 0 Å². The Morgan fingerprint density at radius 2 is 1.48 bits per heavy atom. The summed E-state index contributed by atoms with van der Waals surface area (Å²) in [5, 5.41) is 8.20. The maximum absolute atomic E-state index is 8.20. The largest absolute Gasteiger partial charge is 1.00 e. The quantitative estimate of drug-likeness (QED) is 0.476. The number of nitrogens with zero attached hydrogens (tertiary/aromatic N) is 1. The van der Waals surface area contributed by atoms with E-state index in [-0.39, 0.29) is 12.4 Å². The van der Waals surface area contributed by atoms with Crippen LogP contribution in [-0.4, -0.2) is 36.8 Å². The first-order valence-corrected chi connectivity index (χ1v) is 8.51. The summed E-state index contributed by atoms with van der Waals surface area (Å²) in [6, 6.07) is 10.6. The molecule has 0 saturated carbocycles. The van der Waals surface area contributed by atoms with E-state index in [9.17, 15) is 0 Å². The Bertz CT molecular complexity index is 342. The Labute approximate surface area is 151 Å². The number of hydrogen-bond acceptors (Lipinski definition) is 1. The molecule has 0 spiro atoms. The van der Waals surface area contributed by atoms with E-state index in [4.69, 9.17) is 5.11 Å². The number of halogens is 1. The molecule has 1 aromatic carbocycles. The molecule has 0 aliphatic carbocycles. The standard InChI is InChI=1S/C11H18N.C5H12O.C4H8.ClH/c1-4-12(2,3)10-11-8-6-5-7-9-11;1-2-3-4-5-6;1-3-4-2;/h5-9H,4,10H2,1-3H3;6H,2-5H2,1H3;3-4H,1-2H3;1H/q+1;;;/p-1. The van der Waals surface area contributed by atoms with Gasteiger partial charge in [-0.1, -0.05) is 62.2 Å². The minimum Gasteiger partial charge on any atom is -1.00 e. The van der Waals surface area contributed by atoms with Gasteiger partial charge in [0.25, 0.3) is 0 Å². The first-order chi connectivity index (χ1) is 10.5. The number of benzene rings is 1. The predicted octanol–water partition coefficient (Wildman–Crippen LogP) is 2.04. The summed E-state index contributed by atoms with van der Waals surface area (Å²) < 4.78 is 1.06. The highest BCUT2D eigenvalue weighted by Gasteiger charge is 2.11. The smallest absolute Gasteiger partial charge is 0.104 e. The third-order valence-corrected chi connectivity index (χ3v) is 3.40. The summed E-state index contributed by atoms with van der Waals surface area (Å²) in [6.45, 7) is 11.0. The molecule has 0 amide bonds.